The summed E-state index contributed by atoms with van der Waals surface area (Å²) in [5, 5.41) is 11.8. The Balaban J connectivity index is 4.26. The van der Waals surface area contributed by atoms with Crippen LogP contribution in [0.1, 0.15) is 226 Å². The van der Waals surface area contributed by atoms with Gasteiger partial charge in [-0.05, 0) is 122 Å². The van der Waals surface area contributed by atoms with Crippen LogP contribution in [0, 0.1) is 0 Å². The van der Waals surface area contributed by atoms with Gasteiger partial charge in [0.15, 0.2) is 12.4 Å². The summed E-state index contributed by atoms with van der Waals surface area (Å²) < 4.78 is 22.7. The molecule has 0 spiro atoms. The number of carboxylic acids is 1. The molecule has 0 saturated heterocycles. The molecule has 0 N–H and O–H groups in total. The maximum absolute atomic E-state index is 12.9. The third-order valence-corrected chi connectivity index (χ3v) is 12.8. The molecule has 2 atom stereocenters. The van der Waals surface area contributed by atoms with Crippen LogP contribution in [0.15, 0.2) is 146 Å². The van der Waals surface area contributed by atoms with E-state index in [9.17, 15) is 19.5 Å². The molecule has 452 valence electrons. The van der Waals surface area contributed by atoms with Gasteiger partial charge >= 0.3 is 11.9 Å². The summed E-state index contributed by atoms with van der Waals surface area (Å²) in [6, 6.07) is 0. The normalized spacial score (nSPS) is 13.8. The van der Waals surface area contributed by atoms with Crippen LogP contribution in [0.3, 0.4) is 0 Å². The second kappa shape index (κ2) is 60.3. The minimum absolute atomic E-state index is 0.135. The number of ether oxygens (including phenoxy) is 4. The Morgan fingerprint density at radius 2 is 0.713 bits per heavy atom. The van der Waals surface area contributed by atoms with Gasteiger partial charge in [-0.1, -0.05) is 237 Å². The molecule has 0 radical (unpaired) electrons. The summed E-state index contributed by atoms with van der Waals surface area (Å²) in [5.41, 5.74) is 0. The Hall–Kier alpha value is -4.83. The van der Waals surface area contributed by atoms with Gasteiger partial charge in [-0.3, -0.25) is 9.59 Å². The van der Waals surface area contributed by atoms with Gasteiger partial charge in [-0.25, -0.2) is 0 Å². The van der Waals surface area contributed by atoms with Gasteiger partial charge in [0.2, 0.25) is 0 Å². The molecule has 0 aliphatic heterocycles. The largest absolute Gasteiger partial charge is 0.545 e. The third kappa shape index (κ3) is 60.8. The van der Waals surface area contributed by atoms with Crippen molar-refractivity contribution < 1.29 is 42.9 Å². The Morgan fingerprint density at radius 3 is 1.06 bits per heavy atom. The van der Waals surface area contributed by atoms with Crippen molar-refractivity contribution in [2.24, 2.45) is 0 Å². The molecule has 0 rings (SSSR count). The number of rotatable bonds is 56. The summed E-state index contributed by atoms with van der Waals surface area (Å²) in [5.74, 6) is -2.33. The first-order valence-corrected chi connectivity index (χ1v) is 31.5. The maximum Gasteiger partial charge on any atom is 0.306 e. The number of esters is 2. The molecule has 0 fully saturated rings. The number of hydrogen-bond acceptors (Lipinski definition) is 8. The van der Waals surface area contributed by atoms with Crippen LogP contribution < -0.4 is 5.11 Å². The van der Waals surface area contributed by atoms with Crippen molar-refractivity contribution in [2.45, 2.75) is 238 Å². The van der Waals surface area contributed by atoms with Crippen molar-refractivity contribution in [1.82, 2.24) is 0 Å². The highest BCUT2D eigenvalue weighted by atomic mass is 16.7. The molecule has 0 heterocycles. The predicted molar refractivity (Wildman–Crippen MR) is 338 cm³/mol. The first-order chi connectivity index (χ1) is 39.1. The quantitative estimate of drug-likeness (QED) is 0.0195. The lowest BCUT2D eigenvalue weighted by atomic mass is 10.1. The molecule has 0 amide bonds. The van der Waals surface area contributed by atoms with Gasteiger partial charge in [0.25, 0.3) is 0 Å². The highest BCUT2D eigenvalue weighted by Crippen LogP contribution is 2.14. The molecule has 9 nitrogen and oxygen atoms in total. The molecular formula is C71H115NO8. The molecule has 0 saturated carbocycles. The van der Waals surface area contributed by atoms with E-state index in [1.165, 1.54) is 51.4 Å². The van der Waals surface area contributed by atoms with Crippen LogP contribution in [-0.4, -0.2) is 82.3 Å². The number of aliphatic carboxylic acids is 1. The van der Waals surface area contributed by atoms with Gasteiger partial charge in [0.05, 0.1) is 40.3 Å². The SMILES string of the molecule is CC/C=C\C/C=C\C/C=C\C/C=C\C/C=C\C/C=C\C/C=C\C/C=C\C/C=C\C/C=C\CCCCCCCCC(=O)OC(COC(=O)CCCCCCCCC/C=C\C/C=C\CCCCCC)COC(OCC[N+](C)(C)C)C(=O)[O-]. The first kappa shape index (κ1) is 75.2. The number of likely N-dealkylation sites (N-methyl/N-ethyl adjacent to an activating group) is 1. The van der Waals surface area contributed by atoms with Crippen molar-refractivity contribution >= 4 is 17.9 Å². The minimum atomic E-state index is -1.64. The van der Waals surface area contributed by atoms with E-state index >= 15 is 0 Å². The number of quaternary nitrogens is 1. The number of unbranched alkanes of at least 4 members (excludes halogenated alkanes) is 17. The molecule has 0 aromatic rings. The maximum atomic E-state index is 12.9. The smallest absolute Gasteiger partial charge is 0.306 e. The summed E-state index contributed by atoms with van der Waals surface area (Å²) in [6.45, 7) is 4.57. The number of carbonyl (C=O) groups excluding carboxylic acids is 3. The van der Waals surface area contributed by atoms with E-state index in [0.717, 1.165) is 141 Å². The first-order valence-electron chi connectivity index (χ1n) is 31.5. The van der Waals surface area contributed by atoms with E-state index in [0.29, 0.717) is 17.4 Å². The van der Waals surface area contributed by atoms with Gasteiger partial charge in [0.1, 0.15) is 13.2 Å². The number of allylic oxidation sites excluding steroid dienone is 24. The van der Waals surface area contributed by atoms with Crippen LogP contribution in [0.25, 0.3) is 0 Å². The van der Waals surface area contributed by atoms with Crippen molar-refractivity contribution in [3.8, 4) is 0 Å². The van der Waals surface area contributed by atoms with Crippen LogP contribution in [0.4, 0.5) is 0 Å². The molecule has 0 aromatic heterocycles. The van der Waals surface area contributed by atoms with Crippen LogP contribution in [-0.2, 0) is 33.3 Å². The van der Waals surface area contributed by atoms with Crippen LogP contribution in [0.5, 0.6) is 0 Å². The Kier molecular flexibility index (Phi) is 56.6. The van der Waals surface area contributed by atoms with Crippen molar-refractivity contribution in [1.29, 1.82) is 0 Å². The Morgan fingerprint density at radius 1 is 0.388 bits per heavy atom. The molecule has 80 heavy (non-hydrogen) atoms. The second-order valence-electron chi connectivity index (χ2n) is 21.6. The number of carboxylic acid groups (broad SMARTS) is 1. The molecule has 0 aliphatic rings. The minimum Gasteiger partial charge on any atom is -0.545 e. The topological polar surface area (TPSA) is 111 Å². The molecule has 0 aromatic carbocycles. The molecule has 0 aliphatic carbocycles. The Labute approximate surface area is 490 Å². The van der Waals surface area contributed by atoms with E-state index in [1.807, 2.05) is 21.1 Å². The van der Waals surface area contributed by atoms with Gasteiger partial charge < -0.3 is 33.3 Å². The van der Waals surface area contributed by atoms with E-state index in [-0.39, 0.29) is 38.6 Å². The zero-order valence-corrected chi connectivity index (χ0v) is 51.4. The molecule has 9 heteroatoms. The highest BCUT2D eigenvalue weighted by Gasteiger charge is 2.22. The van der Waals surface area contributed by atoms with Gasteiger partial charge in [-0.2, -0.15) is 0 Å². The summed E-state index contributed by atoms with van der Waals surface area (Å²) in [6.07, 6.45) is 84.7. The molecule has 2 unspecified atom stereocenters. The van der Waals surface area contributed by atoms with E-state index in [2.05, 4.69) is 160 Å². The monoisotopic (exact) mass is 1110 g/mol. The lowest BCUT2D eigenvalue weighted by Gasteiger charge is -2.26. The average molecular weight is 1110 g/mol. The van der Waals surface area contributed by atoms with Gasteiger partial charge in [0, 0.05) is 12.8 Å². The zero-order chi connectivity index (χ0) is 58.3. The fraction of sp³-hybridized carbons (Fsp3) is 0.620. The van der Waals surface area contributed by atoms with E-state index in [1.54, 1.807) is 0 Å². The van der Waals surface area contributed by atoms with Crippen LogP contribution >= 0.6 is 0 Å². The Bertz CT molecular complexity index is 1820. The number of hydrogen-bond donors (Lipinski definition) is 0. The highest BCUT2D eigenvalue weighted by molar-refractivity contribution is 5.70. The molecule has 0 bridgehead atoms. The zero-order valence-electron chi connectivity index (χ0n) is 51.4. The summed E-state index contributed by atoms with van der Waals surface area (Å²) in [4.78, 5) is 37.3. The van der Waals surface area contributed by atoms with Gasteiger partial charge in [-0.15, -0.1) is 0 Å². The fourth-order valence-corrected chi connectivity index (χ4v) is 8.00. The lowest BCUT2D eigenvalue weighted by Crippen LogP contribution is -2.44. The lowest BCUT2D eigenvalue weighted by molar-refractivity contribution is -0.870. The number of carbonyl (C=O) groups is 3. The van der Waals surface area contributed by atoms with Crippen molar-refractivity contribution in [2.75, 3.05) is 47.5 Å². The van der Waals surface area contributed by atoms with Crippen LogP contribution in [0.2, 0.25) is 0 Å². The van der Waals surface area contributed by atoms with E-state index < -0.39 is 24.3 Å². The summed E-state index contributed by atoms with van der Waals surface area (Å²) >= 11 is 0. The summed E-state index contributed by atoms with van der Waals surface area (Å²) in [7, 11) is 5.90. The standard InChI is InChI=1S/C71H115NO8/c1-6-8-10-12-14-16-18-20-22-24-26-27-28-29-30-31-32-33-34-35-36-37-38-39-40-41-42-43-44-46-48-50-52-54-56-58-60-62-69(74)80-67(66-79-71(70(75)76)77-64-63-72(3,4)5)65-78-68(73)61-59-57-55-53-51-49-47-45-25-23-21-19-17-15-13-11-9-7-2/h8,10,14,16-17,19-20,22-23,25-27,29-30,32-33,35-36,38-39,41-42,44,46,67,71H,6-7,9,11-13,15,18,21,24,28,31,34,37,40,43,45,47-66H2,1-5H3/b10-8-,16-14-,19-17-,22-20-,25-23-,27-26-,30-29-,33-32-,36-35-,39-38-,42-41-,46-44-. The predicted octanol–water partition coefficient (Wildman–Crippen LogP) is 17.8. The third-order valence-electron chi connectivity index (χ3n) is 12.8. The second-order valence-corrected chi connectivity index (χ2v) is 21.6. The van der Waals surface area contributed by atoms with E-state index in [4.69, 9.17) is 18.9 Å². The number of nitrogens with zero attached hydrogens (tertiary/aromatic N) is 1. The molecular weight excluding hydrogens is 995 g/mol. The van der Waals surface area contributed by atoms with Crippen molar-refractivity contribution in [3.63, 3.8) is 0 Å². The average Bonchev–Trinajstić information content (AvgIpc) is 3.43. The van der Waals surface area contributed by atoms with Crippen molar-refractivity contribution in [3.05, 3.63) is 146 Å². The fourth-order valence-electron chi connectivity index (χ4n) is 8.00.